The summed E-state index contributed by atoms with van der Waals surface area (Å²) in [6, 6.07) is 26.1. The number of unbranched alkanes of at least 4 members (excludes halogenated alkanes) is 2. The Balaban J connectivity index is 0.000000395. The SMILES string of the molecule is CCCCCC(CC)(CC)CC(CC(CC)(CC)CC)(CC(CC)(CC)CC)CC(C)(CC)c1ccccc1.CS(=O)n1c2ccccc2c(=O)c2ccccc21. The molecule has 318 valence electrons. The number of para-hydroxylation sites is 2. The summed E-state index contributed by atoms with van der Waals surface area (Å²) in [5.41, 5.74) is 4.88. The van der Waals surface area contributed by atoms with Gasteiger partial charge in [-0.25, -0.2) is 4.21 Å². The molecule has 3 aromatic carbocycles. The van der Waals surface area contributed by atoms with E-state index in [2.05, 4.69) is 106 Å². The van der Waals surface area contributed by atoms with Gasteiger partial charge in [0.2, 0.25) is 0 Å². The monoisotopic (exact) mass is 798 g/mol. The molecule has 0 bridgehead atoms. The Morgan fingerprint density at radius 1 is 0.491 bits per heavy atom. The topological polar surface area (TPSA) is 39.1 Å². The number of fused-ring (bicyclic) bond motifs is 2. The highest BCUT2D eigenvalue weighted by Gasteiger charge is 2.50. The van der Waals surface area contributed by atoms with Crippen molar-refractivity contribution in [3.8, 4) is 0 Å². The zero-order valence-electron chi connectivity index (χ0n) is 38.7. The van der Waals surface area contributed by atoms with Crippen LogP contribution in [0.25, 0.3) is 21.8 Å². The van der Waals surface area contributed by atoms with Gasteiger partial charge in [0.15, 0.2) is 5.43 Å². The molecule has 0 saturated heterocycles. The summed E-state index contributed by atoms with van der Waals surface area (Å²) in [4.78, 5) is 12.4. The van der Waals surface area contributed by atoms with Gasteiger partial charge in [-0.1, -0.05) is 201 Å². The first-order valence-corrected chi connectivity index (χ1v) is 24.7. The minimum Gasteiger partial charge on any atom is -0.288 e. The highest BCUT2D eigenvalue weighted by molar-refractivity contribution is 7.83. The van der Waals surface area contributed by atoms with E-state index in [1.54, 1.807) is 27.9 Å². The van der Waals surface area contributed by atoms with Crippen molar-refractivity contribution >= 4 is 32.8 Å². The van der Waals surface area contributed by atoms with Gasteiger partial charge in [-0.15, -0.1) is 0 Å². The fourth-order valence-electron chi connectivity index (χ4n) is 11.0. The second kappa shape index (κ2) is 22.0. The molecule has 4 rings (SSSR count). The highest BCUT2D eigenvalue weighted by Crippen LogP contribution is 2.60. The molecule has 0 N–H and O–H groups in total. The standard InChI is InChI=1S/C39H72.C14H11NO2S/c1-12-22-26-29-38(20-9,21-10)33-39(31-36(14-3,15-4)16-5,32-37(17-6,18-7)19-8)30-35(11,13-2)34-27-24-23-25-28-34;1-18(17)15-12-8-4-2-6-10(12)14(16)11-7-3-5-9-13(11)15/h23-25,27-28H,12-22,26,29-33H2,1-11H3;2-9H,1H3. The predicted molar refractivity (Wildman–Crippen MR) is 254 cm³/mol. The smallest absolute Gasteiger partial charge is 0.197 e. The zero-order chi connectivity index (χ0) is 42.3. The molecule has 0 aliphatic rings. The normalized spacial score (nSPS) is 14.3. The van der Waals surface area contributed by atoms with E-state index in [1.165, 1.54) is 109 Å². The van der Waals surface area contributed by atoms with Crippen LogP contribution >= 0.6 is 0 Å². The Hall–Kier alpha value is -2.72. The lowest BCUT2D eigenvalue weighted by Crippen LogP contribution is -2.44. The second-order valence-corrected chi connectivity index (χ2v) is 19.6. The van der Waals surface area contributed by atoms with E-state index in [0.29, 0.717) is 43.5 Å². The molecule has 4 aromatic rings. The van der Waals surface area contributed by atoms with Crippen molar-refractivity contribution in [1.82, 2.24) is 3.97 Å². The van der Waals surface area contributed by atoms with Crippen molar-refractivity contribution in [2.24, 2.45) is 21.7 Å². The molecule has 1 heterocycles. The summed E-state index contributed by atoms with van der Waals surface area (Å²) >= 11 is 0. The summed E-state index contributed by atoms with van der Waals surface area (Å²) in [6.45, 7) is 27.5. The summed E-state index contributed by atoms with van der Waals surface area (Å²) in [6.07, 6.45) is 24.5. The van der Waals surface area contributed by atoms with Crippen molar-refractivity contribution < 1.29 is 4.21 Å². The second-order valence-electron chi connectivity index (χ2n) is 18.4. The lowest BCUT2D eigenvalue weighted by Gasteiger charge is -2.55. The van der Waals surface area contributed by atoms with E-state index in [9.17, 15) is 9.00 Å². The Bertz CT molecular complexity index is 1760. The summed E-state index contributed by atoms with van der Waals surface area (Å²) in [5, 5.41) is 1.21. The fraction of sp³-hybridized carbons (Fsp3) is 0.642. The quantitative estimate of drug-likeness (QED) is 0.0554. The maximum atomic E-state index is 12.4. The van der Waals surface area contributed by atoms with Crippen molar-refractivity contribution in [1.29, 1.82) is 0 Å². The number of pyridine rings is 1. The maximum Gasteiger partial charge on any atom is 0.197 e. The molecule has 0 radical (unpaired) electrons. The maximum absolute atomic E-state index is 12.4. The van der Waals surface area contributed by atoms with Gasteiger partial charge in [0.1, 0.15) is 11.0 Å². The Kier molecular flexibility index (Phi) is 18.8. The van der Waals surface area contributed by atoms with E-state index in [1.807, 2.05) is 36.4 Å². The first-order valence-electron chi connectivity index (χ1n) is 23.2. The molecule has 0 fully saturated rings. The van der Waals surface area contributed by atoms with Crippen LogP contribution in [0, 0.1) is 21.7 Å². The van der Waals surface area contributed by atoms with Crippen molar-refractivity contribution in [3.63, 3.8) is 0 Å². The molecule has 3 nitrogen and oxygen atoms in total. The van der Waals surface area contributed by atoms with Gasteiger partial charge in [-0.05, 0) is 95.4 Å². The number of benzene rings is 3. The molecule has 0 spiro atoms. The predicted octanol–water partition coefficient (Wildman–Crippen LogP) is 16.0. The van der Waals surface area contributed by atoms with Crippen LogP contribution < -0.4 is 5.43 Å². The third-order valence-electron chi connectivity index (χ3n) is 15.6. The first kappa shape index (κ1) is 48.6. The van der Waals surface area contributed by atoms with Crippen molar-refractivity contribution in [3.05, 3.63) is 94.6 Å². The fourth-order valence-corrected chi connectivity index (χ4v) is 11.9. The first-order chi connectivity index (χ1) is 27.2. The van der Waals surface area contributed by atoms with Gasteiger partial charge in [0.05, 0.1) is 11.0 Å². The summed E-state index contributed by atoms with van der Waals surface area (Å²) in [5.74, 6) is 0. The van der Waals surface area contributed by atoms with E-state index in [-0.39, 0.29) is 10.8 Å². The molecular formula is C53H83NO2S. The third-order valence-corrected chi connectivity index (χ3v) is 16.5. The number of rotatable bonds is 23. The largest absolute Gasteiger partial charge is 0.288 e. The molecule has 2 unspecified atom stereocenters. The third kappa shape index (κ3) is 11.5. The molecule has 0 aliphatic heterocycles. The van der Waals surface area contributed by atoms with Crippen molar-refractivity contribution in [2.45, 2.75) is 191 Å². The van der Waals surface area contributed by atoms with Gasteiger partial charge in [0.25, 0.3) is 0 Å². The summed E-state index contributed by atoms with van der Waals surface area (Å²) < 4.78 is 13.7. The lowest BCUT2D eigenvalue weighted by molar-refractivity contribution is -0.0236. The van der Waals surface area contributed by atoms with Crippen LogP contribution in [0.2, 0.25) is 0 Å². The number of hydrogen-bond acceptors (Lipinski definition) is 2. The van der Waals surface area contributed by atoms with Crippen LogP contribution in [0.1, 0.15) is 191 Å². The van der Waals surface area contributed by atoms with Crippen LogP contribution in [0.5, 0.6) is 0 Å². The molecular weight excluding hydrogens is 715 g/mol. The van der Waals surface area contributed by atoms with Crippen LogP contribution in [0.4, 0.5) is 0 Å². The van der Waals surface area contributed by atoms with Crippen LogP contribution in [0.15, 0.2) is 83.7 Å². The highest BCUT2D eigenvalue weighted by atomic mass is 32.2. The molecule has 57 heavy (non-hydrogen) atoms. The van der Waals surface area contributed by atoms with Crippen molar-refractivity contribution in [2.75, 3.05) is 6.26 Å². The average molecular weight is 798 g/mol. The van der Waals surface area contributed by atoms with Gasteiger partial charge in [-0.2, -0.15) is 0 Å². The minimum absolute atomic E-state index is 0.0112. The number of nitrogens with zero attached hydrogens (tertiary/aromatic N) is 1. The number of hydrogen-bond donors (Lipinski definition) is 0. The number of aromatic nitrogens is 1. The van der Waals surface area contributed by atoms with E-state index in [4.69, 9.17) is 0 Å². The van der Waals surface area contributed by atoms with Gasteiger partial charge in [0, 0.05) is 17.0 Å². The van der Waals surface area contributed by atoms with E-state index >= 15 is 0 Å². The lowest BCUT2D eigenvalue weighted by atomic mass is 9.50. The molecule has 4 heteroatoms. The van der Waals surface area contributed by atoms with Crippen LogP contribution in [-0.2, 0) is 16.4 Å². The van der Waals surface area contributed by atoms with Crippen LogP contribution in [-0.4, -0.2) is 14.4 Å². The zero-order valence-corrected chi connectivity index (χ0v) is 39.5. The summed E-state index contributed by atoms with van der Waals surface area (Å²) in [7, 11) is -1.21. The van der Waals surface area contributed by atoms with Gasteiger partial charge in [-0.3, -0.25) is 8.77 Å². The molecule has 0 saturated carbocycles. The Labute approximate surface area is 352 Å². The van der Waals surface area contributed by atoms with E-state index < -0.39 is 11.0 Å². The minimum atomic E-state index is -1.21. The Morgan fingerprint density at radius 2 is 0.895 bits per heavy atom. The van der Waals surface area contributed by atoms with Gasteiger partial charge < -0.3 is 0 Å². The average Bonchev–Trinajstić information content (AvgIpc) is 3.25. The van der Waals surface area contributed by atoms with E-state index in [0.717, 1.165) is 0 Å². The van der Waals surface area contributed by atoms with Crippen LogP contribution in [0.3, 0.4) is 0 Å². The molecule has 2 atom stereocenters. The molecule has 0 amide bonds. The van der Waals surface area contributed by atoms with Gasteiger partial charge >= 0.3 is 0 Å². The molecule has 1 aromatic heterocycles. The molecule has 0 aliphatic carbocycles. The Morgan fingerprint density at radius 3 is 1.28 bits per heavy atom.